The summed E-state index contributed by atoms with van der Waals surface area (Å²) in [6.45, 7) is 3.83. The Morgan fingerprint density at radius 1 is 1.08 bits per heavy atom. The summed E-state index contributed by atoms with van der Waals surface area (Å²) in [5, 5.41) is 20.3. The molecule has 0 aromatic heterocycles. The van der Waals surface area contributed by atoms with Crippen molar-refractivity contribution in [3.05, 3.63) is 27.8 Å². The first kappa shape index (κ1) is 22.0. The second-order valence-electron chi connectivity index (χ2n) is 6.11. The predicted molar refractivity (Wildman–Crippen MR) is 103 cm³/mol. The first-order valence-electron chi connectivity index (χ1n) is 8.95. The molecule has 0 aliphatic carbocycles. The number of esters is 1. The van der Waals surface area contributed by atoms with E-state index < -0.39 is 0 Å². The summed E-state index contributed by atoms with van der Waals surface area (Å²) in [6.07, 6.45) is 10.1. The van der Waals surface area contributed by atoms with E-state index in [4.69, 9.17) is 16.3 Å². The van der Waals surface area contributed by atoms with E-state index in [0.717, 1.165) is 38.5 Å². The molecule has 0 saturated heterocycles. The molecule has 0 unspecified atom stereocenters. The van der Waals surface area contributed by atoms with Gasteiger partial charge in [-0.05, 0) is 31.7 Å². The predicted octanol–water partition coefficient (Wildman–Crippen LogP) is 5.18. The van der Waals surface area contributed by atoms with Gasteiger partial charge < -0.3 is 14.9 Å². The smallest absolute Gasteiger partial charge is 0.305 e. The molecule has 144 valence electrons. The Morgan fingerprint density at radius 3 is 2.38 bits per heavy atom. The number of allylic oxidation sites excluding steroid dienone is 1. The summed E-state index contributed by atoms with van der Waals surface area (Å²) in [6, 6.07) is 0. The van der Waals surface area contributed by atoms with E-state index in [9.17, 15) is 19.8 Å². The average Bonchev–Trinajstić information content (AvgIpc) is 2.64. The summed E-state index contributed by atoms with van der Waals surface area (Å²) in [5.41, 5.74) is 0.620. The van der Waals surface area contributed by atoms with E-state index in [-0.39, 0.29) is 33.6 Å². The number of carbonyl (C=O) groups is 2. The highest BCUT2D eigenvalue weighted by molar-refractivity contribution is 6.33. The maximum Gasteiger partial charge on any atom is 0.305 e. The van der Waals surface area contributed by atoms with Crippen LogP contribution in [0.5, 0.6) is 11.5 Å². The van der Waals surface area contributed by atoms with Gasteiger partial charge in [0.25, 0.3) is 0 Å². The van der Waals surface area contributed by atoms with E-state index in [2.05, 4.69) is 0 Å². The second kappa shape index (κ2) is 11.6. The van der Waals surface area contributed by atoms with Crippen molar-refractivity contribution in [1.82, 2.24) is 0 Å². The fraction of sp³-hybridized carbons (Fsp3) is 0.500. The zero-order valence-corrected chi connectivity index (χ0v) is 16.1. The van der Waals surface area contributed by atoms with Crippen LogP contribution in [-0.4, -0.2) is 29.1 Å². The molecular formula is C20H27ClO5. The normalized spacial score (nSPS) is 11.0. The molecule has 0 radical (unpaired) electrons. The number of halogens is 1. The lowest BCUT2D eigenvalue weighted by Crippen LogP contribution is -2.03. The SMILES string of the molecule is CCC(=O)OCCCCCCC/C=C/c1c(O)c(Cl)c(C)c(C=O)c1O. The van der Waals surface area contributed by atoms with Crippen molar-refractivity contribution in [1.29, 1.82) is 0 Å². The summed E-state index contributed by atoms with van der Waals surface area (Å²) in [7, 11) is 0. The largest absolute Gasteiger partial charge is 0.506 e. The lowest BCUT2D eigenvalue weighted by atomic mass is 10.0. The number of rotatable bonds is 11. The lowest BCUT2D eigenvalue weighted by molar-refractivity contribution is -0.143. The van der Waals surface area contributed by atoms with E-state index in [1.165, 1.54) is 0 Å². The number of benzene rings is 1. The summed E-state index contributed by atoms with van der Waals surface area (Å²) >= 11 is 6.01. The maximum absolute atomic E-state index is 11.1. The molecule has 1 aromatic carbocycles. The van der Waals surface area contributed by atoms with Crippen LogP contribution in [0.1, 0.15) is 73.4 Å². The fourth-order valence-electron chi connectivity index (χ4n) is 2.53. The first-order chi connectivity index (χ1) is 12.4. The monoisotopic (exact) mass is 382 g/mol. The Kier molecular flexibility index (Phi) is 9.81. The molecule has 0 saturated carbocycles. The Labute approximate surface area is 159 Å². The highest BCUT2D eigenvalue weighted by atomic mass is 35.5. The quantitative estimate of drug-likeness (QED) is 0.313. The summed E-state index contributed by atoms with van der Waals surface area (Å²) in [5.74, 6) is -0.627. The van der Waals surface area contributed by atoms with Crippen LogP contribution in [-0.2, 0) is 9.53 Å². The van der Waals surface area contributed by atoms with E-state index in [1.54, 1.807) is 19.9 Å². The van der Waals surface area contributed by atoms with Crippen LogP contribution in [0.4, 0.5) is 0 Å². The molecule has 1 aromatic rings. The number of ether oxygens (including phenoxy) is 1. The van der Waals surface area contributed by atoms with Crippen molar-refractivity contribution in [2.24, 2.45) is 0 Å². The Morgan fingerprint density at radius 2 is 1.73 bits per heavy atom. The molecule has 0 heterocycles. The molecule has 26 heavy (non-hydrogen) atoms. The van der Waals surface area contributed by atoms with Gasteiger partial charge >= 0.3 is 5.97 Å². The van der Waals surface area contributed by atoms with Crippen LogP contribution in [0.2, 0.25) is 5.02 Å². The van der Waals surface area contributed by atoms with Gasteiger partial charge in [-0.25, -0.2) is 0 Å². The molecule has 2 N–H and O–H groups in total. The third kappa shape index (κ3) is 6.37. The van der Waals surface area contributed by atoms with E-state index in [0.29, 0.717) is 24.9 Å². The summed E-state index contributed by atoms with van der Waals surface area (Å²) in [4.78, 5) is 22.1. The molecule has 0 fully saturated rings. The van der Waals surface area contributed by atoms with Crippen LogP contribution in [0, 0.1) is 6.92 Å². The topological polar surface area (TPSA) is 83.8 Å². The molecule has 6 heteroatoms. The van der Waals surface area contributed by atoms with Crippen LogP contribution in [0.3, 0.4) is 0 Å². The van der Waals surface area contributed by atoms with Crippen LogP contribution in [0.25, 0.3) is 6.08 Å². The van der Waals surface area contributed by atoms with Gasteiger partial charge in [-0.1, -0.05) is 49.9 Å². The number of aldehydes is 1. The Bertz CT molecular complexity index is 652. The van der Waals surface area contributed by atoms with Crippen molar-refractivity contribution in [2.45, 2.75) is 58.8 Å². The molecule has 0 bridgehead atoms. The number of phenols is 2. The third-order valence-electron chi connectivity index (χ3n) is 4.18. The second-order valence-corrected chi connectivity index (χ2v) is 6.49. The van der Waals surface area contributed by atoms with Gasteiger partial charge in [0.1, 0.15) is 11.5 Å². The van der Waals surface area contributed by atoms with E-state index in [1.807, 2.05) is 6.08 Å². The molecular weight excluding hydrogens is 356 g/mol. The van der Waals surface area contributed by atoms with Gasteiger partial charge in [0, 0.05) is 6.42 Å². The van der Waals surface area contributed by atoms with Crippen molar-refractivity contribution >= 4 is 29.9 Å². The number of hydrogen-bond donors (Lipinski definition) is 2. The molecule has 0 atom stereocenters. The number of carbonyl (C=O) groups excluding carboxylic acids is 2. The molecule has 0 aliphatic heterocycles. The van der Waals surface area contributed by atoms with Crippen molar-refractivity contribution in [3.63, 3.8) is 0 Å². The zero-order chi connectivity index (χ0) is 19.5. The van der Waals surface area contributed by atoms with Gasteiger partial charge in [0.15, 0.2) is 6.29 Å². The van der Waals surface area contributed by atoms with Crippen molar-refractivity contribution in [3.8, 4) is 11.5 Å². The van der Waals surface area contributed by atoms with Gasteiger partial charge in [-0.2, -0.15) is 0 Å². The Balaban J connectivity index is 2.38. The highest BCUT2D eigenvalue weighted by Gasteiger charge is 2.18. The lowest BCUT2D eigenvalue weighted by Gasteiger charge is -2.11. The molecule has 1 rings (SSSR count). The molecule has 0 spiro atoms. The Hall–Kier alpha value is -2.01. The minimum Gasteiger partial charge on any atom is -0.506 e. The van der Waals surface area contributed by atoms with Gasteiger partial charge in [-0.15, -0.1) is 0 Å². The molecule has 5 nitrogen and oxygen atoms in total. The minimum absolute atomic E-state index is 0.0772. The average molecular weight is 383 g/mol. The molecule has 0 amide bonds. The fourth-order valence-corrected chi connectivity index (χ4v) is 2.74. The molecule has 0 aliphatic rings. The number of aromatic hydroxyl groups is 2. The van der Waals surface area contributed by atoms with Crippen molar-refractivity contribution < 1.29 is 24.5 Å². The number of unbranched alkanes of at least 4 members (excludes halogenated alkanes) is 5. The van der Waals surface area contributed by atoms with Crippen LogP contribution >= 0.6 is 11.6 Å². The third-order valence-corrected chi connectivity index (χ3v) is 4.64. The highest BCUT2D eigenvalue weighted by Crippen LogP contribution is 2.40. The van der Waals surface area contributed by atoms with Crippen LogP contribution in [0.15, 0.2) is 6.08 Å². The standard InChI is InChI=1S/C20H27ClO5/c1-3-17(23)26-12-10-8-6-4-5-7-9-11-15-19(24)16(13-22)14(2)18(21)20(15)25/h9,11,13,24-25H,3-8,10,12H2,1-2H3/b11-9+. The number of hydrogen-bond acceptors (Lipinski definition) is 5. The van der Waals surface area contributed by atoms with Gasteiger partial charge in [0.2, 0.25) is 0 Å². The van der Waals surface area contributed by atoms with Crippen molar-refractivity contribution in [2.75, 3.05) is 6.61 Å². The summed E-state index contributed by atoms with van der Waals surface area (Å²) < 4.78 is 5.01. The minimum atomic E-state index is -0.253. The van der Waals surface area contributed by atoms with Crippen LogP contribution < -0.4 is 0 Å². The first-order valence-corrected chi connectivity index (χ1v) is 9.33. The maximum atomic E-state index is 11.1. The zero-order valence-electron chi connectivity index (χ0n) is 15.4. The van der Waals surface area contributed by atoms with Gasteiger partial charge in [0.05, 0.1) is 22.8 Å². The number of phenolic OH excluding ortho intramolecular Hbond substituents is 2. The van der Waals surface area contributed by atoms with E-state index >= 15 is 0 Å². The van der Waals surface area contributed by atoms with Gasteiger partial charge in [-0.3, -0.25) is 9.59 Å².